The number of likely N-dealkylation sites (tertiary alicyclic amines) is 1. The topological polar surface area (TPSA) is 53.9 Å². The molecule has 2 heterocycles. The van der Waals surface area contributed by atoms with E-state index < -0.39 is 0 Å². The molecule has 2 aromatic carbocycles. The van der Waals surface area contributed by atoms with Gasteiger partial charge in [0.15, 0.2) is 0 Å². The summed E-state index contributed by atoms with van der Waals surface area (Å²) in [6.07, 6.45) is 2.40. The quantitative estimate of drug-likeness (QED) is 0.818. The third-order valence-electron chi connectivity index (χ3n) is 5.74. The van der Waals surface area contributed by atoms with E-state index in [1.165, 1.54) is 5.56 Å². The molecule has 0 radical (unpaired) electrons. The summed E-state index contributed by atoms with van der Waals surface area (Å²) in [7, 11) is 0. The van der Waals surface area contributed by atoms with Gasteiger partial charge in [0.05, 0.1) is 5.71 Å². The minimum Gasteiger partial charge on any atom is -0.388 e. The second kappa shape index (κ2) is 7.66. The zero-order chi connectivity index (χ0) is 19.6. The van der Waals surface area contributed by atoms with Crippen LogP contribution in [0.25, 0.3) is 0 Å². The van der Waals surface area contributed by atoms with E-state index in [9.17, 15) is 4.79 Å². The molecule has 2 aliphatic rings. The number of piperidine rings is 1. The first-order chi connectivity index (χ1) is 13.5. The van der Waals surface area contributed by atoms with Crippen molar-refractivity contribution in [3.63, 3.8) is 0 Å². The molecule has 1 N–H and O–H groups in total. The predicted octanol–water partition coefficient (Wildman–Crippen LogP) is 5.00. The number of carbonyl (C=O) groups excluding carboxylic acids is 1. The highest BCUT2D eigenvalue weighted by atomic mass is 16.7. The van der Waals surface area contributed by atoms with Gasteiger partial charge in [0.1, 0.15) is 5.60 Å². The maximum Gasteiger partial charge on any atom is 0.321 e. The average Bonchev–Trinajstić information content (AvgIpc) is 3.13. The van der Waals surface area contributed by atoms with Gasteiger partial charge >= 0.3 is 6.03 Å². The van der Waals surface area contributed by atoms with Gasteiger partial charge in [-0.25, -0.2) is 4.79 Å². The maximum absolute atomic E-state index is 12.6. The van der Waals surface area contributed by atoms with Gasteiger partial charge in [-0.3, -0.25) is 0 Å². The fourth-order valence-corrected chi connectivity index (χ4v) is 3.85. The Hall–Kier alpha value is -2.82. The van der Waals surface area contributed by atoms with Crippen LogP contribution in [0.15, 0.2) is 59.8 Å². The molecule has 4 rings (SSSR count). The first-order valence-corrected chi connectivity index (χ1v) is 10.0. The standard InChI is InChI=1S/C23H27N3O2/c1-17(2)18-8-10-20(11-9-18)24-22(27)26-14-12-23(13-15-26)16-21(25-28-23)19-6-4-3-5-7-19/h3-11,17H,12-16H2,1-2H3,(H,24,27). The molecule has 0 bridgehead atoms. The number of anilines is 1. The molecule has 0 unspecified atom stereocenters. The van der Waals surface area contributed by atoms with Crippen molar-refractivity contribution in [2.24, 2.45) is 5.16 Å². The summed E-state index contributed by atoms with van der Waals surface area (Å²) >= 11 is 0. The molecule has 2 amide bonds. The Morgan fingerprint density at radius 1 is 1.07 bits per heavy atom. The van der Waals surface area contributed by atoms with E-state index in [-0.39, 0.29) is 11.6 Å². The van der Waals surface area contributed by atoms with Gasteiger partial charge in [-0.15, -0.1) is 0 Å². The Kier molecular flexibility index (Phi) is 5.07. The Morgan fingerprint density at radius 3 is 2.39 bits per heavy atom. The largest absolute Gasteiger partial charge is 0.388 e. The molecule has 5 nitrogen and oxygen atoms in total. The zero-order valence-corrected chi connectivity index (χ0v) is 16.5. The maximum atomic E-state index is 12.6. The third-order valence-corrected chi connectivity index (χ3v) is 5.74. The van der Waals surface area contributed by atoms with Crippen LogP contribution in [-0.4, -0.2) is 35.3 Å². The highest BCUT2D eigenvalue weighted by molar-refractivity contribution is 6.01. The van der Waals surface area contributed by atoms with E-state index in [0.29, 0.717) is 19.0 Å². The molecule has 0 aliphatic carbocycles. The minimum absolute atomic E-state index is 0.0469. The minimum atomic E-state index is -0.263. The lowest BCUT2D eigenvalue weighted by Crippen LogP contribution is -2.48. The molecular formula is C23H27N3O2. The number of hydrogen-bond donors (Lipinski definition) is 1. The lowest BCUT2D eigenvalue weighted by molar-refractivity contribution is -0.0544. The van der Waals surface area contributed by atoms with Crippen LogP contribution in [0.2, 0.25) is 0 Å². The summed E-state index contributed by atoms with van der Waals surface area (Å²) in [6, 6.07) is 18.2. The summed E-state index contributed by atoms with van der Waals surface area (Å²) < 4.78 is 0. The second-order valence-electron chi connectivity index (χ2n) is 8.05. The molecule has 0 saturated carbocycles. The number of nitrogens with one attached hydrogen (secondary N) is 1. The number of amides is 2. The van der Waals surface area contributed by atoms with E-state index in [0.717, 1.165) is 36.2 Å². The van der Waals surface area contributed by atoms with Crippen molar-refractivity contribution in [2.45, 2.75) is 44.6 Å². The highest BCUT2D eigenvalue weighted by Crippen LogP contribution is 2.36. The highest BCUT2D eigenvalue weighted by Gasteiger charge is 2.43. The number of benzene rings is 2. The average molecular weight is 377 g/mol. The molecule has 1 fully saturated rings. The number of hydrogen-bond acceptors (Lipinski definition) is 3. The van der Waals surface area contributed by atoms with Gasteiger partial charge in [-0.05, 0) is 29.2 Å². The molecule has 146 valence electrons. The van der Waals surface area contributed by atoms with Crippen LogP contribution in [0.3, 0.4) is 0 Å². The second-order valence-corrected chi connectivity index (χ2v) is 8.05. The summed E-state index contributed by atoms with van der Waals surface area (Å²) in [4.78, 5) is 20.3. The lowest BCUT2D eigenvalue weighted by atomic mass is 9.85. The molecule has 0 aromatic heterocycles. The van der Waals surface area contributed by atoms with Crippen molar-refractivity contribution >= 4 is 17.4 Å². The fraction of sp³-hybridized carbons (Fsp3) is 0.391. The zero-order valence-electron chi connectivity index (χ0n) is 16.5. The van der Waals surface area contributed by atoms with Gasteiger partial charge in [0.2, 0.25) is 0 Å². The van der Waals surface area contributed by atoms with Crippen LogP contribution in [0.5, 0.6) is 0 Å². The number of urea groups is 1. The number of carbonyl (C=O) groups is 1. The van der Waals surface area contributed by atoms with E-state index in [1.807, 2.05) is 35.2 Å². The number of oxime groups is 1. The first kappa shape index (κ1) is 18.5. The molecule has 1 saturated heterocycles. The van der Waals surface area contributed by atoms with Crippen LogP contribution in [-0.2, 0) is 4.84 Å². The van der Waals surface area contributed by atoms with Crippen molar-refractivity contribution in [1.29, 1.82) is 0 Å². The molecule has 0 atom stereocenters. The van der Waals surface area contributed by atoms with E-state index >= 15 is 0 Å². The van der Waals surface area contributed by atoms with Crippen LogP contribution >= 0.6 is 0 Å². The van der Waals surface area contributed by atoms with Crippen LogP contribution in [0.1, 0.15) is 50.2 Å². The monoisotopic (exact) mass is 377 g/mol. The Morgan fingerprint density at radius 2 is 1.75 bits per heavy atom. The van der Waals surface area contributed by atoms with E-state index in [2.05, 4.69) is 48.6 Å². The smallest absolute Gasteiger partial charge is 0.321 e. The van der Waals surface area contributed by atoms with E-state index in [4.69, 9.17) is 4.84 Å². The molecule has 5 heteroatoms. The van der Waals surface area contributed by atoms with Gasteiger partial charge in [-0.1, -0.05) is 61.5 Å². The van der Waals surface area contributed by atoms with Crippen LogP contribution in [0.4, 0.5) is 10.5 Å². The lowest BCUT2D eigenvalue weighted by Gasteiger charge is -2.37. The van der Waals surface area contributed by atoms with Crippen LogP contribution < -0.4 is 5.32 Å². The van der Waals surface area contributed by atoms with Gasteiger partial charge in [-0.2, -0.15) is 0 Å². The predicted molar refractivity (Wildman–Crippen MR) is 112 cm³/mol. The fourth-order valence-electron chi connectivity index (χ4n) is 3.85. The Labute approximate surface area is 166 Å². The SMILES string of the molecule is CC(C)c1ccc(NC(=O)N2CCC3(CC2)CC(c2ccccc2)=NO3)cc1. The summed E-state index contributed by atoms with van der Waals surface area (Å²) in [5, 5.41) is 7.35. The normalized spacial score (nSPS) is 18.1. The van der Waals surface area contributed by atoms with Crippen molar-refractivity contribution < 1.29 is 9.63 Å². The number of rotatable bonds is 3. The van der Waals surface area contributed by atoms with Crippen LogP contribution in [0, 0.1) is 0 Å². The summed E-state index contributed by atoms with van der Waals surface area (Å²) in [6.45, 7) is 5.67. The van der Waals surface area contributed by atoms with Crippen molar-refractivity contribution in [3.05, 3.63) is 65.7 Å². The molecule has 2 aliphatic heterocycles. The first-order valence-electron chi connectivity index (χ1n) is 10.0. The van der Waals surface area contributed by atoms with Crippen molar-refractivity contribution in [2.75, 3.05) is 18.4 Å². The third kappa shape index (κ3) is 3.88. The Balaban J connectivity index is 1.31. The van der Waals surface area contributed by atoms with Crippen molar-refractivity contribution in [3.8, 4) is 0 Å². The van der Waals surface area contributed by atoms with Gasteiger partial charge in [0.25, 0.3) is 0 Å². The van der Waals surface area contributed by atoms with Gasteiger partial charge < -0.3 is 15.1 Å². The number of nitrogens with zero attached hydrogens (tertiary/aromatic N) is 2. The molecular weight excluding hydrogens is 350 g/mol. The summed E-state index contributed by atoms with van der Waals surface area (Å²) in [5.74, 6) is 0.484. The molecule has 28 heavy (non-hydrogen) atoms. The molecule has 1 spiro atoms. The van der Waals surface area contributed by atoms with E-state index in [1.54, 1.807) is 0 Å². The molecule has 2 aromatic rings. The summed E-state index contributed by atoms with van der Waals surface area (Å²) in [5.41, 5.74) is 3.96. The van der Waals surface area contributed by atoms with Crippen molar-refractivity contribution in [1.82, 2.24) is 4.90 Å². The van der Waals surface area contributed by atoms with Gasteiger partial charge in [0, 0.05) is 38.0 Å². The Bertz CT molecular complexity index is 851.